The van der Waals surface area contributed by atoms with Crippen LogP contribution in [0.5, 0.6) is 5.75 Å². The van der Waals surface area contributed by atoms with Crippen molar-refractivity contribution < 1.29 is 9.53 Å². The van der Waals surface area contributed by atoms with Gasteiger partial charge in [0.25, 0.3) is 5.91 Å². The maximum absolute atomic E-state index is 12.7. The van der Waals surface area contributed by atoms with Crippen molar-refractivity contribution in [2.24, 2.45) is 0 Å². The first-order valence-electron chi connectivity index (χ1n) is 7.15. The van der Waals surface area contributed by atoms with Crippen molar-refractivity contribution >= 4 is 16.8 Å². The third-order valence-corrected chi connectivity index (χ3v) is 4.08. The minimum Gasteiger partial charge on any atom is -0.489 e. The smallest absolute Gasteiger partial charge is 0.268 e. The second kappa shape index (κ2) is 3.73. The highest BCUT2D eigenvalue weighted by Crippen LogP contribution is 2.42. The summed E-state index contributed by atoms with van der Waals surface area (Å²) in [6.07, 6.45) is 4.15. The zero-order valence-electron chi connectivity index (χ0n) is 11.2. The van der Waals surface area contributed by atoms with Gasteiger partial charge in [0.1, 0.15) is 17.0 Å². The van der Waals surface area contributed by atoms with E-state index in [-0.39, 0.29) is 12.0 Å². The normalized spacial score (nSPS) is 16.1. The SMILES string of the molecule is O=C1c2c(nc3ccccc3c2OC2CC2)-c2cccn21. The fraction of sp³-hybridized carbons (Fsp3) is 0.176. The van der Waals surface area contributed by atoms with Gasteiger partial charge in [0, 0.05) is 11.6 Å². The molecular formula is C17H12N2O2. The highest BCUT2D eigenvalue weighted by Gasteiger charge is 2.35. The zero-order chi connectivity index (χ0) is 14.0. The lowest BCUT2D eigenvalue weighted by Gasteiger charge is -2.12. The molecule has 21 heavy (non-hydrogen) atoms. The first-order valence-corrected chi connectivity index (χ1v) is 7.15. The molecule has 2 aromatic heterocycles. The van der Waals surface area contributed by atoms with Crippen LogP contribution in [0.15, 0.2) is 42.6 Å². The van der Waals surface area contributed by atoms with Crippen LogP contribution in [0.25, 0.3) is 22.3 Å². The molecule has 0 amide bonds. The van der Waals surface area contributed by atoms with Crippen LogP contribution in [0.4, 0.5) is 0 Å². The summed E-state index contributed by atoms with van der Waals surface area (Å²) in [7, 11) is 0. The van der Waals surface area contributed by atoms with Gasteiger partial charge >= 0.3 is 0 Å². The van der Waals surface area contributed by atoms with Crippen molar-refractivity contribution in [1.29, 1.82) is 0 Å². The Hall–Kier alpha value is -2.62. The molecule has 0 N–H and O–H groups in total. The molecule has 1 saturated carbocycles. The standard InChI is InChI=1S/C17H12N2O2/c20-17-14-15(13-6-3-9-19(13)17)18-12-5-2-1-4-11(12)16(14)21-10-7-8-10/h1-6,9-10H,7-8H2. The molecule has 0 saturated heterocycles. The number of para-hydroxylation sites is 1. The van der Waals surface area contributed by atoms with Crippen molar-refractivity contribution in [3.63, 3.8) is 0 Å². The number of nitrogens with zero attached hydrogens (tertiary/aromatic N) is 2. The van der Waals surface area contributed by atoms with E-state index in [2.05, 4.69) is 4.98 Å². The number of carbonyl (C=O) groups excluding carboxylic acids is 1. The summed E-state index contributed by atoms with van der Waals surface area (Å²) in [6.45, 7) is 0. The number of rotatable bonds is 2. The van der Waals surface area contributed by atoms with Gasteiger partial charge < -0.3 is 4.74 Å². The van der Waals surface area contributed by atoms with E-state index in [1.165, 1.54) is 0 Å². The lowest BCUT2D eigenvalue weighted by molar-refractivity contribution is 0.0965. The predicted molar refractivity (Wildman–Crippen MR) is 78.5 cm³/mol. The maximum Gasteiger partial charge on any atom is 0.268 e. The van der Waals surface area contributed by atoms with Crippen molar-refractivity contribution in [3.8, 4) is 17.1 Å². The number of benzene rings is 1. The fourth-order valence-corrected chi connectivity index (χ4v) is 2.91. The third-order valence-electron chi connectivity index (χ3n) is 4.08. The van der Waals surface area contributed by atoms with Crippen molar-refractivity contribution in [2.75, 3.05) is 0 Å². The summed E-state index contributed by atoms with van der Waals surface area (Å²) in [5.74, 6) is 0.658. The number of fused-ring (bicyclic) bond motifs is 4. The van der Waals surface area contributed by atoms with Gasteiger partial charge in [-0.1, -0.05) is 12.1 Å². The molecule has 1 aliphatic carbocycles. The topological polar surface area (TPSA) is 44.1 Å². The largest absolute Gasteiger partial charge is 0.489 e. The molecule has 0 spiro atoms. The molecule has 0 radical (unpaired) electrons. The Balaban J connectivity index is 1.88. The second-order valence-corrected chi connectivity index (χ2v) is 5.57. The number of ether oxygens (including phenoxy) is 1. The van der Waals surface area contributed by atoms with Crippen LogP contribution in [0.2, 0.25) is 0 Å². The van der Waals surface area contributed by atoms with E-state index in [1.807, 2.05) is 36.4 Å². The summed E-state index contributed by atoms with van der Waals surface area (Å²) >= 11 is 0. The van der Waals surface area contributed by atoms with Crippen LogP contribution in [-0.4, -0.2) is 21.6 Å². The van der Waals surface area contributed by atoms with Gasteiger partial charge in [-0.3, -0.25) is 9.36 Å². The minimum atomic E-state index is -0.0427. The summed E-state index contributed by atoms with van der Waals surface area (Å²) in [4.78, 5) is 17.3. The van der Waals surface area contributed by atoms with Gasteiger partial charge in [-0.2, -0.15) is 0 Å². The molecule has 5 rings (SSSR count). The van der Waals surface area contributed by atoms with Gasteiger partial charge in [0.15, 0.2) is 0 Å². The summed E-state index contributed by atoms with van der Waals surface area (Å²) in [6, 6.07) is 11.6. The average Bonchev–Trinajstić information content (AvgIpc) is 3.11. The van der Waals surface area contributed by atoms with Crippen LogP contribution in [0, 0.1) is 0 Å². The number of aromatic nitrogens is 2. The summed E-state index contributed by atoms with van der Waals surface area (Å²) in [5.41, 5.74) is 3.06. The van der Waals surface area contributed by atoms with E-state index < -0.39 is 0 Å². The molecule has 0 unspecified atom stereocenters. The highest BCUT2D eigenvalue weighted by molar-refractivity contribution is 6.13. The quantitative estimate of drug-likeness (QED) is 0.564. The maximum atomic E-state index is 12.7. The molecule has 3 aromatic rings. The molecule has 4 nitrogen and oxygen atoms in total. The summed E-state index contributed by atoms with van der Waals surface area (Å²) in [5, 5.41) is 0.919. The van der Waals surface area contributed by atoms with Crippen LogP contribution < -0.4 is 4.74 Å². The lowest BCUT2D eigenvalue weighted by Crippen LogP contribution is -2.09. The molecule has 2 aliphatic rings. The van der Waals surface area contributed by atoms with Crippen molar-refractivity contribution in [1.82, 2.24) is 9.55 Å². The van der Waals surface area contributed by atoms with Crippen LogP contribution >= 0.6 is 0 Å². The average molecular weight is 276 g/mol. The Morgan fingerprint density at radius 2 is 2.00 bits per heavy atom. The molecule has 0 bridgehead atoms. The first-order chi connectivity index (χ1) is 10.3. The zero-order valence-corrected chi connectivity index (χ0v) is 11.2. The van der Waals surface area contributed by atoms with Crippen LogP contribution in [0.3, 0.4) is 0 Å². The number of carbonyl (C=O) groups is 1. The number of hydrogen-bond donors (Lipinski definition) is 0. The van der Waals surface area contributed by atoms with Crippen LogP contribution in [-0.2, 0) is 0 Å². The molecule has 1 fully saturated rings. The van der Waals surface area contributed by atoms with Gasteiger partial charge in [-0.25, -0.2) is 4.98 Å². The van der Waals surface area contributed by atoms with Crippen molar-refractivity contribution in [2.45, 2.75) is 18.9 Å². The van der Waals surface area contributed by atoms with E-state index in [1.54, 1.807) is 10.8 Å². The first kappa shape index (κ1) is 11.1. The fourth-order valence-electron chi connectivity index (χ4n) is 2.91. The second-order valence-electron chi connectivity index (χ2n) is 5.57. The van der Waals surface area contributed by atoms with Gasteiger partial charge in [0.05, 0.1) is 17.3 Å². The van der Waals surface area contributed by atoms with Gasteiger partial charge in [0.2, 0.25) is 0 Å². The Morgan fingerprint density at radius 1 is 1.14 bits per heavy atom. The molecule has 3 heterocycles. The van der Waals surface area contributed by atoms with Crippen LogP contribution in [0.1, 0.15) is 23.2 Å². The predicted octanol–water partition coefficient (Wildman–Crippen LogP) is 3.25. The van der Waals surface area contributed by atoms with E-state index in [0.29, 0.717) is 11.3 Å². The Bertz CT molecular complexity index is 906. The van der Waals surface area contributed by atoms with E-state index in [0.717, 1.165) is 35.1 Å². The third kappa shape index (κ3) is 1.44. The minimum absolute atomic E-state index is 0.0427. The number of pyridine rings is 1. The van der Waals surface area contributed by atoms with E-state index in [9.17, 15) is 4.79 Å². The monoisotopic (exact) mass is 276 g/mol. The Morgan fingerprint density at radius 3 is 2.86 bits per heavy atom. The van der Waals surface area contributed by atoms with E-state index >= 15 is 0 Å². The molecular weight excluding hydrogens is 264 g/mol. The molecule has 1 aromatic carbocycles. The summed E-state index contributed by atoms with van der Waals surface area (Å²) < 4.78 is 7.73. The van der Waals surface area contributed by atoms with E-state index in [4.69, 9.17) is 4.74 Å². The molecule has 102 valence electrons. The lowest BCUT2D eigenvalue weighted by atomic mass is 10.1. The number of hydrogen-bond acceptors (Lipinski definition) is 3. The molecule has 4 heteroatoms. The molecule has 0 atom stereocenters. The molecule has 1 aliphatic heterocycles. The Labute approximate surface area is 121 Å². The van der Waals surface area contributed by atoms with Gasteiger partial charge in [-0.15, -0.1) is 0 Å². The highest BCUT2D eigenvalue weighted by atomic mass is 16.5. The van der Waals surface area contributed by atoms with Gasteiger partial charge in [-0.05, 0) is 37.1 Å². The van der Waals surface area contributed by atoms with Crippen molar-refractivity contribution in [3.05, 3.63) is 48.2 Å². The Kier molecular flexibility index (Phi) is 1.97.